The van der Waals surface area contributed by atoms with Crippen molar-refractivity contribution in [2.45, 2.75) is 74.1 Å². The second-order valence-corrected chi connectivity index (χ2v) is 38.9. The molecule has 37 heteroatoms. The predicted octanol–water partition coefficient (Wildman–Crippen LogP) is 22.3. The standard InChI is InChI=1S/C22H18ClN3O.C20H14N4.C20H17N3O.C17H14N4.2C16H15ClN4O3S2/c23-21-12-20(9-10-22(21)27-14-17-5-2-1-3-6-17)19-8-4-7-18(11-19)13-26-16-24-15-25-26;21-11-19-8-7-18(10-20(19)12-24-14-22-13-23-24)17-6-5-15-3-1-2-4-16(15)9-17;1-24-20-8-7-18-10-17(5-6-19(18)11-20)16-4-2-3-15(9-16)12-23-14-21-13-22-23;1-13-3-2-4-14(7-13)15-5-6-16(9-18)17(8-15)10-21-12-19-11-20-21;17-15-7-14(5-6-16(15)24-26(18,22)23)25-9-13-3-1-12(2-4-13)8-21-11-19-10-20-21;17-15-7-14(4-5-16(15)24-26(18,22)23)25-9-13-3-1-2-12(6-13)8-21-11-19-10-20-21/h1-12,15-16H,13-14H2;1-10,13-14H,12H2;2-11,13-14H,12H2,1H3;2-8,11-12H,10H2,1H3;2*1-7,10-11H,8-9H2,(H2,18,22,23). The van der Waals surface area contributed by atoms with E-state index in [9.17, 15) is 27.4 Å². The molecule has 6 heterocycles. The number of ether oxygens (including phenoxy) is 2. The Hall–Kier alpha value is -16.8. The maximum absolute atomic E-state index is 11.0. The summed E-state index contributed by atoms with van der Waals surface area (Å²) in [5.74, 6) is 3.06. The van der Waals surface area contributed by atoms with Crippen molar-refractivity contribution in [3.63, 3.8) is 0 Å². The molecular formula is C111H93Cl3N22O8S4. The summed E-state index contributed by atoms with van der Waals surface area (Å²) in [6.45, 7) is 6.38. The van der Waals surface area contributed by atoms with Gasteiger partial charge in [-0.2, -0.15) is 68.2 Å². The van der Waals surface area contributed by atoms with Gasteiger partial charge in [-0.1, -0.05) is 253 Å². The first-order valence-electron chi connectivity index (χ1n) is 45.7. The van der Waals surface area contributed by atoms with Crippen molar-refractivity contribution in [3.8, 4) is 79.6 Å². The van der Waals surface area contributed by atoms with Crippen molar-refractivity contribution in [2.75, 3.05) is 7.11 Å². The molecule has 740 valence electrons. The van der Waals surface area contributed by atoms with Gasteiger partial charge < -0.3 is 17.8 Å². The average molecular weight is 2100 g/mol. The summed E-state index contributed by atoms with van der Waals surface area (Å²) in [6, 6.07) is 111. The van der Waals surface area contributed by atoms with E-state index in [1.807, 2.05) is 138 Å². The van der Waals surface area contributed by atoms with Crippen LogP contribution in [0.5, 0.6) is 23.0 Å². The van der Waals surface area contributed by atoms with Gasteiger partial charge in [0.25, 0.3) is 0 Å². The van der Waals surface area contributed by atoms with Crippen LogP contribution in [0.1, 0.15) is 66.8 Å². The molecule has 0 atom stereocenters. The molecule has 21 rings (SSSR count). The summed E-state index contributed by atoms with van der Waals surface area (Å²) in [4.78, 5) is 25.5. The van der Waals surface area contributed by atoms with Crippen LogP contribution in [-0.4, -0.2) is 113 Å². The number of thioether (sulfide) groups is 2. The minimum atomic E-state index is -4.10. The van der Waals surface area contributed by atoms with Crippen LogP contribution in [0.2, 0.25) is 15.1 Å². The Labute approximate surface area is 878 Å². The summed E-state index contributed by atoms with van der Waals surface area (Å²) in [7, 11) is -6.50. The third-order valence-corrected chi connectivity index (χ3v) is 26.3. The van der Waals surface area contributed by atoms with Gasteiger partial charge >= 0.3 is 20.6 Å². The number of nitrogens with two attached hydrogens (primary N) is 2. The van der Waals surface area contributed by atoms with E-state index in [1.54, 1.807) is 123 Å². The van der Waals surface area contributed by atoms with Crippen LogP contribution in [0.25, 0.3) is 66.1 Å². The molecular weight excluding hydrogens is 2000 g/mol. The number of aryl methyl sites for hydroxylation is 1. The van der Waals surface area contributed by atoms with Gasteiger partial charge in [0.15, 0.2) is 11.5 Å². The van der Waals surface area contributed by atoms with E-state index >= 15 is 0 Å². The number of rotatable bonds is 30. The van der Waals surface area contributed by atoms with E-state index in [1.165, 1.54) is 87.6 Å². The van der Waals surface area contributed by atoms with E-state index < -0.39 is 20.6 Å². The van der Waals surface area contributed by atoms with Crippen molar-refractivity contribution < 1.29 is 34.7 Å². The average Bonchev–Trinajstić information content (AvgIpc) is 0.996. The SMILES string of the molecule is COc1ccc2cc(-c3cccc(Cn4cncn4)c3)ccc2c1.Cc1cccc(-c2ccc(C#N)c(Cn3cncn3)c2)c1.Clc1cc(-c2cccc(Cn3cncn3)c2)ccc1OCc1ccccc1.N#Cc1ccc(-c2ccc3ccccc3c2)cc1Cn1cncn1.NS(=O)(=O)Oc1ccc(SCc2ccc(Cn3cncn3)cc2)cc1Cl.NS(=O)(=O)Oc1ccc(SCc2cccc(Cn3cncn3)c2)cc1Cl. The molecule has 0 radical (unpaired) electrons. The van der Waals surface area contributed by atoms with Gasteiger partial charge in [0.1, 0.15) is 94.0 Å². The lowest BCUT2D eigenvalue weighted by molar-refractivity contribution is 0.306. The fraction of sp³-hybridized carbons (Fsp3) is 0.0991. The second kappa shape index (κ2) is 51.1. The maximum atomic E-state index is 11.0. The van der Waals surface area contributed by atoms with E-state index in [4.69, 9.17) is 54.6 Å². The Bertz CT molecular complexity index is 8330. The molecule has 6 aromatic heterocycles. The zero-order valence-electron chi connectivity index (χ0n) is 79.5. The minimum absolute atomic E-state index is 0.00773. The van der Waals surface area contributed by atoms with Crippen LogP contribution in [0, 0.1) is 29.6 Å². The third-order valence-electron chi connectivity index (χ3n) is 22.5. The molecule has 148 heavy (non-hydrogen) atoms. The number of aromatic nitrogens is 18. The van der Waals surface area contributed by atoms with E-state index in [2.05, 4.69) is 240 Å². The summed E-state index contributed by atoms with van der Waals surface area (Å²) in [5, 5.41) is 58.8. The Morgan fingerprint density at radius 2 is 0.676 bits per heavy atom. The highest BCUT2D eigenvalue weighted by molar-refractivity contribution is 7.98. The monoisotopic (exact) mass is 2090 g/mol. The molecule has 0 bridgehead atoms. The van der Waals surface area contributed by atoms with Crippen molar-refractivity contribution in [2.24, 2.45) is 10.3 Å². The highest BCUT2D eigenvalue weighted by Crippen LogP contribution is 2.38. The van der Waals surface area contributed by atoms with Gasteiger partial charge in [0.2, 0.25) is 0 Å². The topological polar surface area (TPSA) is 389 Å². The van der Waals surface area contributed by atoms with Crippen LogP contribution in [0.3, 0.4) is 0 Å². The molecule has 4 N–H and O–H groups in total. The summed E-state index contributed by atoms with van der Waals surface area (Å²) in [6.07, 6.45) is 19.2. The molecule has 21 aromatic rings. The third kappa shape index (κ3) is 31.1. The smallest absolute Gasteiger partial charge is 0.380 e. The van der Waals surface area contributed by atoms with Crippen molar-refractivity contribution in [1.29, 1.82) is 10.5 Å². The van der Waals surface area contributed by atoms with Crippen LogP contribution in [-0.2, 0) is 78.0 Å². The fourth-order valence-corrected chi connectivity index (χ4v) is 18.8. The number of nitrogens with zero attached hydrogens (tertiary/aromatic N) is 20. The molecule has 30 nitrogen and oxygen atoms in total. The molecule has 0 amide bonds. The number of nitriles is 2. The number of methoxy groups -OCH3 is 1. The molecule has 0 saturated heterocycles. The lowest BCUT2D eigenvalue weighted by Crippen LogP contribution is -2.19. The Morgan fingerprint density at radius 3 is 1.14 bits per heavy atom. The Balaban J connectivity index is 0.000000127. The van der Waals surface area contributed by atoms with Gasteiger partial charge in [0, 0.05) is 21.3 Å². The second-order valence-electron chi connectivity index (χ2n) is 33.3. The van der Waals surface area contributed by atoms with E-state index in [0.717, 1.165) is 111 Å². The molecule has 0 fully saturated rings. The lowest BCUT2D eigenvalue weighted by Gasteiger charge is -2.11. The highest BCUT2D eigenvalue weighted by atomic mass is 35.5. The zero-order chi connectivity index (χ0) is 103. The van der Waals surface area contributed by atoms with Gasteiger partial charge in [-0.15, -0.1) is 23.5 Å². The fourth-order valence-electron chi connectivity index (χ4n) is 15.4. The molecule has 0 aliphatic heterocycles. The number of hydrogen-bond donors (Lipinski definition) is 2. The van der Waals surface area contributed by atoms with Crippen LogP contribution < -0.4 is 28.1 Å². The van der Waals surface area contributed by atoms with Crippen LogP contribution in [0.4, 0.5) is 0 Å². The summed E-state index contributed by atoms with van der Waals surface area (Å²) >= 11 is 21.7. The molecule has 0 unspecified atom stereocenters. The van der Waals surface area contributed by atoms with Gasteiger partial charge in [-0.25, -0.2) is 58.0 Å². The Morgan fingerprint density at radius 1 is 0.318 bits per heavy atom. The number of hydrogen-bond acceptors (Lipinski definition) is 24. The highest BCUT2D eigenvalue weighted by Gasteiger charge is 2.17. The summed E-state index contributed by atoms with van der Waals surface area (Å²) in [5.41, 5.74) is 21.5. The number of fused-ring (bicyclic) bond motifs is 2. The van der Waals surface area contributed by atoms with Crippen LogP contribution in [0.15, 0.2) is 407 Å². The minimum Gasteiger partial charge on any atom is -0.497 e. The first kappa shape index (κ1) is 104. The van der Waals surface area contributed by atoms with Gasteiger partial charge in [-0.05, 0) is 232 Å². The molecule has 0 aliphatic carbocycles. The lowest BCUT2D eigenvalue weighted by atomic mass is 9.97. The molecule has 15 aromatic carbocycles. The Kier molecular flexibility index (Phi) is 36.0. The van der Waals surface area contributed by atoms with E-state index in [-0.39, 0.29) is 21.5 Å². The first-order valence-corrected chi connectivity index (χ1v) is 51.8. The molecule has 0 aliphatic rings. The number of halogens is 3. The zero-order valence-corrected chi connectivity index (χ0v) is 85.1. The first-order chi connectivity index (χ1) is 72.0. The summed E-state index contributed by atoms with van der Waals surface area (Å²) < 4.78 is 74.8. The largest absolute Gasteiger partial charge is 0.497 e. The molecule has 0 saturated carbocycles. The van der Waals surface area contributed by atoms with E-state index in [0.29, 0.717) is 61.2 Å². The maximum Gasteiger partial charge on any atom is 0.380 e. The normalized spacial score (nSPS) is 10.9. The van der Waals surface area contributed by atoms with Crippen LogP contribution >= 0.6 is 58.3 Å². The predicted molar refractivity (Wildman–Crippen MR) is 576 cm³/mol. The van der Waals surface area contributed by atoms with Crippen molar-refractivity contribution >= 4 is 100 Å². The quantitative estimate of drug-likeness (QED) is 0.0395. The number of benzene rings is 15. The van der Waals surface area contributed by atoms with Crippen molar-refractivity contribution in [1.82, 2.24) is 88.6 Å². The van der Waals surface area contributed by atoms with Gasteiger partial charge in [0.05, 0.1) is 84.7 Å². The van der Waals surface area contributed by atoms with Gasteiger partial charge in [-0.3, -0.25) is 0 Å². The molecule has 0 spiro atoms. The van der Waals surface area contributed by atoms with Crippen molar-refractivity contribution in [3.05, 3.63) is 479 Å².